The van der Waals surface area contributed by atoms with Crippen molar-refractivity contribution < 1.29 is 13.9 Å². The zero-order valence-electron chi connectivity index (χ0n) is 7.51. The molecule has 2 rings (SSSR count). The van der Waals surface area contributed by atoms with Crippen molar-refractivity contribution in [2.45, 2.75) is 6.10 Å². The van der Waals surface area contributed by atoms with E-state index in [2.05, 4.69) is 5.18 Å². The van der Waals surface area contributed by atoms with Crippen LogP contribution in [0.4, 0.5) is 4.39 Å². The molecule has 0 aromatic heterocycles. The highest BCUT2D eigenvalue weighted by molar-refractivity contribution is 5.86. The molecular weight excluding hydrogens is 201 g/mol. The predicted octanol–water partition coefficient (Wildman–Crippen LogP) is 1.89. The van der Waals surface area contributed by atoms with Crippen molar-refractivity contribution in [2.24, 2.45) is 5.18 Å². The molecule has 15 heavy (non-hydrogen) atoms. The van der Waals surface area contributed by atoms with Crippen LogP contribution in [0, 0.1) is 10.7 Å². The Kier molecular flexibility index (Phi) is 2.29. The summed E-state index contributed by atoms with van der Waals surface area (Å²) in [4.78, 5) is 20.9. The van der Waals surface area contributed by atoms with E-state index in [1.165, 1.54) is 30.4 Å². The summed E-state index contributed by atoms with van der Waals surface area (Å²) in [7, 11) is 0. The van der Waals surface area contributed by atoms with Crippen molar-refractivity contribution in [3.63, 3.8) is 0 Å². The van der Waals surface area contributed by atoms with Crippen LogP contribution >= 0.6 is 0 Å². The predicted molar refractivity (Wildman–Crippen MR) is 50.7 cm³/mol. The van der Waals surface area contributed by atoms with Crippen LogP contribution in [-0.4, -0.2) is 12.0 Å². The highest BCUT2D eigenvalue weighted by Gasteiger charge is 2.22. The van der Waals surface area contributed by atoms with Gasteiger partial charge in [0, 0.05) is 10.7 Å². The van der Waals surface area contributed by atoms with E-state index in [1.807, 2.05) is 0 Å². The summed E-state index contributed by atoms with van der Waals surface area (Å²) >= 11 is 0. The van der Waals surface area contributed by atoms with E-state index in [1.54, 1.807) is 0 Å². The maximum Gasteiger partial charge on any atom is 0.330 e. The van der Waals surface area contributed by atoms with Gasteiger partial charge in [0.05, 0.1) is 0 Å². The summed E-state index contributed by atoms with van der Waals surface area (Å²) in [5, 5.41) is 2.26. The molecule has 0 saturated heterocycles. The molecule has 0 N–H and O–H groups in total. The van der Waals surface area contributed by atoms with E-state index in [0.29, 0.717) is 11.3 Å². The summed E-state index contributed by atoms with van der Waals surface area (Å²) in [6, 6.07) is 3.90. The van der Waals surface area contributed by atoms with Crippen LogP contribution in [0.3, 0.4) is 0 Å². The summed E-state index contributed by atoms with van der Waals surface area (Å²) in [6.07, 6.45) is 1.89. The van der Waals surface area contributed by atoms with Gasteiger partial charge < -0.3 is 4.74 Å². The fourth-order valence-corrected chi connectivity index (χ4v) is 1.31. The number of carbonyl (C=O) groups excluding carboxylic acids is 1. The Balaban J connectivity index is 2.32. The lowest BCUT2D eigenvalue weighted by Crippen LogP contribution is -2.25. The minimum Gasteiger partial charge on any atom is -0.476 e. The van der Waals surface area contributed by atoms with Crippen LogP contribution < -0.4 is 4.74 Å². The summed E-state index contributed by atoms with van der Waals surface area (Å²) in [5.74, 6) is -0.928. The van der Waals surface area contributed by atoms with Crippen molar-refractivity contribution in [1.82, 2.24) is 0 Å². The quantitative estimate of drug-likeness (QED) is 0.661. The Labute approximate surface area is 84.3 Å². The standard InChI is InChI=1S/C10H6FNO3/c11-7-2-4-8-6(5-7)1-3-9(15-8)10(13)12-14/h1-5,9H. The van der Waals surface area contributed by atoms with Gasteiger partial charge in [0.1, 0.15) is 11.6 Å². The number of hydrogen-bond donors (Lipinski definition) is 0. The van der Waals surface area contributed by atoms with E-state index in [0.717, 1.165) is 0 Å². The number of nitroso groups, excluding NO2 is 1. The number of carbonyl (C=O) groups is 1. The van der Waals surface area contributed by atoms with Crippen LogP contribution in [0.2, 0.25) is 0 Å². The van der Waals surface area contributed by atoms with Crippen molar-refractivity contribution in [3.05, 3.63) is 40.6 Å². The first-order chi connectivity index (χ1) is 7.20. The maximum absolute atomic E-state index is 12.8. The molecule has 0 aliphatic carbocycles. The molecule has 1 atom stereocenters. The largest absolute Gasteiger partial charge is 0.476 e. The molecule has 1 aromatic carbocycles. The van der Waals surface area contributed by atoms with E-state index >= 15 is 0 Å². The van der Waals surface area contributed by atoms with Crippen molar-refractivity contribution in [3.8, 4) is 5.75 Å². The lowest BCUT2D eigenvalue weighted by Gasteiger charge is -2.17. The second-order valence-electron chi connectivity index (χ2n) is 3.01. The molecule has 0 radical (unpaired) electrons. The normalized spacial score (nSPS) is 17.8. The maximum atomic E-state index is 12.8. The number of rotatable bonds is 1. The van der Waals surface area contributed by atoms with Gasteiger partial charge in [-0.3, -0.25) is 4.79 Å². The number of hydrogen-bond acceptors (Lipinski definition) is 3. The number of fused-ring (bicyclic) bond motifs is 1. The Hall–Kier alpha value is -2.04. The Bertz CT molecular complexity index is 456. The molecular formula is C10H6FNO3. The van der Waals surface area contributed by atoms with Gasteiger partial charge >= 0.3 is 5.91 Å². The molecule has 4 nitrogen and oxygen atoms in total. The average Bonchev–Trinajstić information content (AvgIpc) is 2.27. The van der Waals surface area contributed by atoms with E-state index in [9.17, 15) is 14.1 Å². The second-order valence-corrected chi connectivity index (χ2v) is 3.01. The zero-order valence-corrected chi connectivity index (χ0v) is 7.51. The van der Waals surface area contributed by atoms with E-state index in [4.69, 9.17) is 4.74 Å². The van der Waals surface area contributed by atoms with Gasteiger partial charge in [-0.1, -0.05) is 6.08 Å². The lowest BCUT2D eigenvalue weighted by molar-refractivity contribution is -0.122. The van der Waals surface area contributed by atoms with Crippen LogP contribution in [0.5, 0.6) is 5.75 Å². The van der Waals surface area contributed by atoms with Gasteiger partial charge in [-0.05, 0) is 24.3 Å². The Morgan fingerprint density at radius 1 is 1.47 bits per heavy atom. The van der Waals surface area contributed by atoms with Gasteiger partial charge in [0.2, 0.25) is 6.10 Å². The number of nitrogens with zero attached hydrogens (tertiary/aromatic N) is 1. The molecule has 0 spiro atoms. The zero-order chi connectivity index (χ0) is 10.8. The summed E-state index contributed by atoms with van der Waals surface area (Å²) < 4.78 is 17.9. The van der Waals surface area contributed by atoms with E-state index in [-0.39, 0.29) is 5.82 Å². The molecule has 1 aliphatic rings. The molecule has 76 valence electrons. The third-order valence-corrected chi connectivity index (χ3v) is 2.01. The van der Waals surface area contributed by atoms with Crippen molar-refractivity contribution >= 4 is 12.0 Å². The summed E-state index contributed by atoms with van der Waals surface area (Å²) in [5.41, 5.74) is 0.532. The Morgan fingerprint density at radius 2 is 2.27 bits per heavy atom. The molecule has 1 unspecified atom stereocenters. The minimum absolute atomic E-state index is 0.362. The first-order valence-electron chi connectivity index (χ1n) is 4.22. The van der Waals surface area contributed by atoms with Gasteiger partial charge in [-0.15, -0.1) is 4.91 Å². The molecule has 0 fully saturated rings. The van der Waals surface area contributed by atoms with E-state index < -0.39 is 12.0 Å². The summed E-state index contributed by atoms with van der Waals surface area (Å²) in [6.45, 7) is 0. The van der Waals surface area contributed by atoms with Gasteiger partial charge in [-0.2, -0.15) is 0 Å². The molecule has 1 aliphatic heterocycles. The smallest absolute Gasteiger partial charge is 0.330 e. The number of ether oxygens (including phenoxy) is 1. The monoisotopic (exact) mass is 207 g/mol. The van der Waals surface area contributed by atoms with Gasteiger partial charge in [0.25, 0.3) is 0 Å². The lowest BCUT2D eigenvalue weighted by atomic mass is 10.1. The SMILES string of the molecule is O=NC(=O)C1C=Cc2cc(F)ccc2O1. The highest BCUT2D eigenvalue weighted by atomic mass is 19.1. The van der Waals surface area contributed by atoms with Crippen molar-refractivity contribution in [2.75, 3.05) is 0 Å². The highest BCUT2D eigenvalue weighted by Crippen LogP contribution is 2.26. The van der Waals surface area contributed by atoms with Crippen LogP contribution in [0.25, 0.3) is 6.08 Å². The third kappa shape index (κ3) is 1.76. The second kappa shape index (κ2) is 3.61. The first kappa shape index (κ1) is 9.51. The fraction of sp³-hybridized carbons (Fsp3) is 0.100. The number of halogens is 1. The molecule has 1 amide bonds. The number of benzene rings is 1. The Morgan fingerprint density at radius 3 is 3.00 bits per heavy atom. The van der Waals surface area contributed by atoms with Crippen LogP contribution in [0.1, 0.15) is 5.56 Å². The topological polar surface area (TPSA) is 55.7 Å². The average molecular weight is 207 g/mol. The molecule has 5 heteroatoms. The van der Waals surface area contributed by atoms with Crippen molar-refractivity contribution in [1.29, 1.82) is 0 Å². The van der Waals surface area contributed by atoms with Crippen LogP contribution in [-0.2, 0) is 4.79 Å². The van der Waals surface area contributed by atoms with Crippen LogP contribution in [0.15, 0.2) is 29.5 Å². The molecule has 1 aromatic rings. The van der Waals surface area contributed by atoms with Gasteiger partial charge in [-0.25, -0.2) is 4.39 Å². The molecule has 0 saturated carbocycles. The molecule has 1 heterocycles. The molecule has 0 bridgehead atoms. The van der Waals surface area contributed by atoms with Gasteiger partial charge in [0.15, 0.2) is 0 Å². The first-order valence-corrected chi connectivity index (χ1v) is 4.22. The number of amides is 1. The third-order valence-electron chi connectivity index (χ3n) is 2.01. The fourth-order valence-electron chi connectivity index (χ4n) is 1.31. The minimum atomic E-state index is -1.000.